The smallest absolute Gasteiger partial charge is 0.0518 e. The first kappa shape index (κ1) is 14.0. The van der Waals surface area contributed by atoms with Gasteiger partial charge in [-0.3, -0.25) is 0 Å². The Bertz CT molecular complexity index is 104. The predicted molar refractivity (Wildman–Crippen MR) is 63.6 cm³/mol. The molecule has 1 heteroatoms. The van der Waals surface area contributed by atoms with E-state index in [0.717, 1.165) is 18.4 Å². The van der Waals surface area contributed by atoms with E-state index in [-0.39, 0.29) is 0 Å². The Morgan fingerprint density at radius 1 is 0.857 bits per heavy atom. The van der Waals surface area contributed by atoms with Gasteiger partial charge in [-0.1, -0.05) is 40.0 Å². The summed E-state index contributed by atoms with van der Waals surface area (Å²) >= 11 is 0. The van der Waals surface area contributed by atoms with E-state index in [4.69, 9.17) is 4.74 Å². The molecule has 0 aliphatic carbocycles. The summed E-state index contributed by atoms with van der Waals surface area (Å²) in [5.74, 6) is 1.68. The van der Waals surface area contributed by atoms with Gasteiger partial charge in [-0.2, -0.15) is 0 Å². The Hall–Kier alpha value is -0.0400. The predicted octanol–water partition coefficient (Wildman–Crippen LogP) is 4.26. The van der Waals surface area contributed by atoms with E-state index >= 15 is 0 Å². The van der Waals surface area contributed by atoms with Crippen molar-refractivity contribution < 1.29 is 4.74 Å². The van der Waals surface area contributed by atoms with Crippen LogP contribution in [0.4, 0.5) is 0 Å². The molecular formula is C13H28O. The first-order chi connectivity index (χ1) is 6.52. The summed E-state index contributed by atoms with van der Waals surface area (Å²) in [6.45, 7) is 12.1. The van der Waals surface area contributed by atoms with Gasteiger partial charge in [-0.05, 0) is 32.1 Å². The van der Waals surface area contributed by atoms with Crippen molar-refractivity contribution in [2.24, 2.45) is 11.8 Å². The maximum atomic E-state index is 5.54. The van der Waals surface area contributed by atoms with Gasteiger partial charge in [0.1, 0.15) is 0 Å². The third-order valence-corrected chi connectivity index (χ3v) is 2.54. The van der Waals surface area contributed by atoms with Gasteiger partial charge in [0.2, 0.25) is 0 Å². The lowest BCUT2D eigenvalue weighted by atomic mass is 9.98. The van der Waals surface area contributed by atoms with Crippen LogP contribution in [0.3, 0.4) is 0 Å². The molecule has 0 aliphatic rings. The molecule has 0 heterocycles. The fourth-order valence-corrected chi connectivity index (χ4v) is 1.52. The summed E-state index contributed by atoms with van der Waals surface area (Å²) in [5, 5.41) is 0. The molecule has 0 saturated carbocycles. The van der Waals surface area contributed by atoms with Crippen molar-refractivity contribution in [2.75, 3.05) is 6.61 Å². The minimum atomic E-state index is 0.387. The molecule has 0 aromatic heterocycles. The normalized spacial score (nSPS) is 13.9. The molecule has 14 heavy (non-hydrogen) atoms. The van der Waals surface area contributed by atoms with Crippen molar-refractivity contribution >= 4 is 0 Å². The molecular weight excluding hydrogens is 172 g/mol. The van der Waals surface area contributed by atoms with E-state index in [2.05, 4.69) is 34.6 Å². The molecule has 0 rings (SSSR count). The van der Waals surface area contributed by atoms with E-state index < -0.39 is 0 Å². The molecule has 86 valence electrons. The Morgan fingerprint density at radius 3 is 2.00 bits per heavy atom. The Labute approximate surface area is 90.2 Å². The summed E-state index contributed by atoms with van der Waals surface area (Å²) in [4.78, 5) is 0. The van der Waals surface area contributed by atoms with Crippen LogP contribution in [0.1, 0.15) is 60.3 Å². The summed E-state index contributed by atoms with van der Waals surface area (Å²) in [6, 6.07) is 0. The van der Waals surface area contributed by atoms with Crippen LogP contribution in [0.2, 0.25) is 0 Å². The minimum Gasteiger partial charge on any atom is -0.379 e. The average Bonchev–Trinajstić information content (AvgIpc) is 2.02. The number of rotatable bonds is 8. The van der Waals surface area contributed by atoms with Crippen molar-refractivity contribution in [1.82, 2.24) is 0 Å². The summed E-state index contributed by atoms with van der Waals surface area (Å²) in [7, 11) is 0. The highest BCUT2D eigenvalue weighted by molar-refractivity contribution is 4.55. The molecule has 1 unspecified atom stereocenters. The van der Waals surface area contributed by atoms with E-state index in [9.17, 15) is 0 Å². The lowest BCUT2D eigenvalue weighted by Gasteiger charge is -2.13. The molecule has 0 bridgehead atoms. The van der Waals surface area contributed by atoms with E-state index in [1.165, 1.54) is 25.7 Å². The molecule has 0 aromatic rings. The van der Waals surface area contributed by atoms with Crippen LogP contribution < -0.4 is 0 Å². The fourth-order valence-electron chi connectivity index (χ4n) is 1.52. The first-order valence-electron chi connectivity index (χ1n) is 6.14. The van der Waals surface area contributed by atoms with Gasteiger partial charge < -0.3 is 4.74 Å². The van der Waals surface area contributed by atoms with Crippen LogP contribution in [0.25, 0.3) is 0 Å². The molecule has 0 fully saturated rings. The fraction of sp³-hybridized carbons (Fsp3) is 1.00. The molecule has 0 amide bonds. The molecule has 0 N–H and O–H groups in total. The van der Waals surface area contributed by atoms with Crippen molar-refractivity contribution in [3.63, 3.8) is 0 Å². The van der Waals surface area contributed by atoms with Gasteiger partial charge >= 0.3 is 0 Å². The van der Waals surface area contributed by atoms with Crippen molar-refractivity contribution in [3.8, 4) is 0 Å². The average molecular weight is 200 g/mol. The highest BCUT2D eigenvalue weighted by atomic mass is 16.5. The van der Waals surface area contributed by atoms with E-state index in [1.807, 2.05) is 0 Å². The summed E-state index contributed by atoms with van der Waals surface area (Å²) < 4.78 is 5.54. The first-order valence-corrected chi connectivity index (χ1v) is 6.14. The topological polar surface area (TPSA) is 9.23 Å². The number of ether oxygens (including phenoxy) is 1. The van der Waals surface area contributed by atoms with Crippen molar-refractivity contribution in [3.05, 3.63) is 0 Å². The van der Waals surface area contributed by atoms with Gasteiger partial charge in [-0.25, -0.2) is 0 Å². The van der Waals surface area contributed by atoms with Crippen molar-refractivity contribution in [2.45, 2.75) is 66.4 Å². The van der Waals surface area contributed by atoms with E-state index in [1.54, 1.807) is 0 Å². The molecule has 1 nitrogen and oxygen atoms in total. The largest absolute Gasteiger partial charge is 0.379 e. The third kappa shape index (κ3) is 10.0. The third-order valence-electron chi connectivity index (χ3n) is 2.54. The Balaban J connectivity index is 3.23. The van der Waals surface area contributed by atoms with Gasteiger partial charge in [0.15, 0.2) is 0 Å². The molecule has 0 radical (unpaired) electrons. The van der Waals surface area contributed by atoms with Gasteiger partial charge in [-0.15, -0.1) is 0 Å². The minimum absolute atomic E-state index is 0.387. The zero-order valence-electron chi connectivity index (χ0n) is 10.7. The molecule has 0 aliphatic heterocycles. The van der Waals surface area contributed by atoms with Gasteiger partial charge in [0.05, 0.1) is 6.10 Å². The standard InChI is InChI=1S/C13H28O/c1-11(2)7-6-8-13(5)9-10-14-12(3)4/h11-13H,6-10H2,1-5H3. The Morgan fingerprint density at radius 2 is 1.50 bits per heavy atom. The van der Waals surface area contributed by atoms with Crippen LogP contribution in [-0.4, -0.2) is 12.7 Å². The second kappa shape index (κ2) is 8.28. The SMILES string of the molecule is CC(C)CCCC(C)CCOC(C)C. The number of hydrogen-bond acceptors (Lipinski definition) is 1. The maximum absolute atomic E-state index is 5.54. The molecule has 0 spiro atoms. The quantitative estimate of drug-likeness (QED) is 0.569. The second-order valence-corrected chi connectivity index (χ2v) is 5.14. The van der Waals surface area contributed by atoms with Crippen molar-refractivity contribution in [1.29, 1.82) is 0 Å². The monoisotopic (exact) mass is 200 g/mol. The second-order valence-electron chi connectivity index (χ2n) is 5.14. The van der Waals surface area contributed by atoms with Crippen LogP contribution in [0.15, 0.2) is 0 Å². The highest BCUT2D eigenvalue weighted by Crippen LogP contribution is 2.15. The number of hydrogen-bond donors (Lipinski definition) is 0. The van der Waals surface area contributed by atoms with Crippen LogP contribution in [0, 0.1) is 11.8 Å². The lowest BCUT2D eigenvalue weighted by molar-refractivity contribution is 0.0688. The van der Waals surface area contributed by atoms with Crippen LogP contribution >= 0.6 is 0 Å². The molecule has 0 saturated heterocycles. The highest BCUT2D eigenvalue weighted by Gasteiger charge is 2.03. The van der Waals surface area contributed by atoms with Gasteiger partial charge in [0.25, 0.3) is 0 Å². The zero-order chi connectivity index (χ0) is 11.0. The van der Waals surface area contributed by atoms with E-state index in [0.29, 0.717) is 6.10 Å². The maximum Gasteiger partial charge on any atom is 0.0518 e. The summed E-state index contributed by atoms with van der Waals surface area (Å²) in [5.41, 5.74) is 0. The molecule has 0 aromatic carbocycles. The Kier molecular flexibility index (Phi) is 8.26. The molecule has 1 atom stereocenters. The van der Waals surface area contributed by atoms with Crippen LogP contribution in [0.5, 0.6) is 0 Å². The van der Waals surface area contributed by atoms with Gasteiger partial charge in [0, 0.05) is 6.61 Å². The lowest BCUT2D eigenvalue weighted by Crippen LogP contribution is -2.07. The summed E-state index contributed by atoms with van der Waals surface area (Å²) in [6.07, 6.45) is 5.71. The zero-order valence-corrected chi connectivity index (χ0v) is 10.7. The van der Waals surface area contributed by atoms with Crippen LogP contribution in [-0.2, 0) is 4.74 Å².